The standard InChI is InChI=1S/C15H21NO5S/c1-20-13-5-4-11(10-14(13)21-2)15(17)16-8-6-12(7-9-16)22(3,18)19/h4-5,10,12H,6-9H2,1-3H3. The molecule has 1 aromatic rings. The molecule has 0 atom stereocenters. The van der Waals surface area contributed by atoms with Gasteiger partial charge in [-0.25, -0.2) is 8.42 Å². The lowest BCUT2D eigenvalue weighted by Crippen LogP contribution is -2.42. The predicted molar refractivity (Wildman–Crippen MR) is 83.3 cm³/mol. The zero-order chi connectivity index (χ0) is 16.3. The molecule has 6 nitrogen and oxygen atoms in total. The molecule has 0 aromatic heterocycles. The predicted octanol–water partition coefficient (Wildman–Crippen LogP) is 1.35. The first-order valence-corrected chi connectivity index (χ1v) is 9.02. The highest BCUT2D eigenvalue weighted by molar-refractivity contribution is 7.91. The highest BCUT2D eigenvalue weighted by Crippen LogP contribution is 2.28. The molecule has 122 valence electrons. The summed E-state index contributed by atoms with van der Waals surface area (Å²) in [5.41, 5.74) is 0.510. The molecule has 7 heteroatoms. The van der Waals surface area contributed by atoms with Crippen molar-refractivity contribution in [3.63, 3.8) is 0 Å². The van der Waals surface area contributed by atoms with Gasteiger partial charge in [0.25, 0.3) is 5.91 Å². The van der Waals surface area contributed by atoms with E-state index < -0.39 is 9.84 Å². The Labute approximate surface area is 130 Å². The van der Waals surface area contributed by atoms with Crippen LogP contribution >= 0.6 is 0 Å². The summed E-state index contributed by atoms with van der Waals surface area (Å²) in [5, 5.41) is -0.345. The highest BCUT2D eigenvalue weighted by atomic mass is 32.2. The minimum atomic E-state index is -3.03. The van der Waals surface area contributed by atoms with Gasteiger partial charge < -0.3 is 14.4 Å². The summed E-state index contributed by atoms with van der Waals surface area (Å²) in [7, 11) is 0.0208. The fraction of sp³-hybridized carbons (Fsp3) is 0.533. The van der Waals surface area contributed by atoms with Crippen LogP contribution in [0.5, 0.6) is 11.5 Å². The summed E-state index contributed by atoms with van der Waals surface area (Å²) in [6, 6.07) is 5.02. The van der Waals surface area contributed by atoms with Crippen LogP contribution < -0.4 is 9.47 Å². The van der Waals surface area contributed by atoms with Gasteiger partial charge in [0.05, 0.1) is 19.5 Å². The van der Waals surface area contributed by atoms with E-state index in [4.69, 9.17) is 9.47 Å². The second-order valence-corrected chi connectivity index (χ2v) is 7.72. The van der Waals surface area contributed by atoms with Crippen molar-refractivity contribution in [2.24, 2.45) is 0 Å². The molecular formula is C15H21NO5S. The number of hydrogen-bond donors (Lipinski definition) is 0. The zero-order valence-corrected chi connectivity index (χ0v) is 13.9. The average Bonchev–Trinajstić information content (AvgIpc) is 2.52. The fourth-order valence-electron chi connectivity index (χ4n) is 2.64. The van der Waals surface area contributed by atoms with Crippen molar-refractivity contribution in [1.82, 2.24) is 4.90 Å². The molecule has 0 unspecified atom stereocenters. The molecular weight excluding hydrogens is 306 g/mol. The topological polar surface area (TPSA) is 72.9 Å². The molecule has 1 heterocycles. The molecule has 0 saturated carbocycles. The van der Waals surface area contributed by atoms with Crippen LogP contribution in [0.2, 0.25) is 0 Å². The van der Waals surface area contributed by atoms with Gasteiger partial charge >= 0.3 is 0 Å². The summed E-state index contributed by atoms with van der Waals surface area (Å²) in [5.74, 6) is 0.946. The number of sulfone groups is 1. The normalized spacial score (nSPS) is 16.4. The van der Waals surface area contributed by atoms with Crippen molar-refractivity contribution in [3.05, 3.63) is 23.8 Å². The molecule has 0 N–H and O–H groups in total. The molecule has 0 aliphatic carbocycles. The molecule has 1 fully saturated rings. The van der Waals surface area contributed by atoms with E-state index in [0.29, 0.717) is 43.0 Å². The van der Waals surface area contributed by atoms with E-state index >= 15 is 0 Å². The van der Waals surface area contributed by atoms with Crippen molar-refractivity contribution >= 4 is 15.7 Å². The summed E-state index contributed by atoms with van der Waals surface area (Å²) in [6.07, 6.45) is 2.22. The Morgan fingerprint density at radius 1 is 1.14 bits per heavy atom. The third kappa shape index (κ3) is 3.52. The van der Waals surface area contributed by atoms with Crippen molar-refractivity contribution in [2.45, 2.75) is 18.1 Å². The summed E-state index contributed by atoms with van der Waals surface area (Å²) in [4.78, 5) is 14.2. The van der Waals surface area contributed by atoms with Gasteiger partial charge in [0.2, 0.25) is 0 Å². The molecule has 0 radical (unpaired) electrons. The van der Waals surface area contributed by atoms with Crippen LogP contribution in [0.25, 0.3) is 0 Å². The van der Waals surface area contributed by atoms with Crippen LogP contribution in [-0.4, -0.2) is 58.0 Å². The number of carbonyl (C=O) groups is 1. The first-order chi connectivity index (χ1) is 10.4. The van der Waals surface area contributed by atoms with Gasteiger partial charge in [-0.2, -0.15) is 0 Å². The number of nitrogens with zero attached hydrogens (tertiary/aromatic N) is 1. The van der Waals surface area contributed by atoms with Gasteiger partial charge in [-0.3, -0.25) is 4.79 Å². The first kappa shape index (κ1) is 16.6. The number of benzene rings is 1. The summed E-state index contributed by atoms with van der Waals surface area (Å²) < 4.78 is 33.5. The minimum absolute atomic E-state index is 0.118. The monoisotopic (exact) mass is 327 g/mol. The quantitative estimate of drug-likeness (QED) is 0.835. The number of amides is 1. The Hall–Kier alpha value is -1.76. The van der Waals surface area contributed by atoms with Crippen molar-refractivity contribution in [2.75, 3.05) is 33.6 Å². The first-order valence-electron chi connectivity index (χ1n) is 7.07. The lowest BCUT2D eigenvalue weighted by atomic mass is 10.1. The molecule has 1 aromatic carbocycles. The number of likely N-dealkylation sites (tertiary alicyclic amines) is 1. The minimum Gasteiger partial charge on any atom is -0.493 e. The SMILES string of the molecule is COc1ccc(C(=O)N2CCC(S(C)(=O)=O)CC2)cc1OC. The van der Waals surface area contributed by atoms with Gasteiger partial charge in [-0.15, -0.1) is 0 Å². The van der Waals surface area contributed by atoms with E-state index in [1.54, 1.807) is 23.1 Å². The number of methoxy groups -OCH3 is 2. The Morgan fingerprint density at radius 3 is 2.23 bits per heavy atom. The highest BCUT2D eigenvalue weighted by Gasteiger charge is 2.29. The average molecular weight is 327 g/mol. The summed E-state index contributed by atoms with van der Waals surface area (Å²) in [6.45, 7) is 0.899. The molecule has 1 aliphatic rings. The molecule has 22 heavy (non-hydrogen) atoms. The van der Waals surface area contributed by atoms with Gasteiger partial charge in [-0.05, 0) is 31.0 Å². The number of ether oxygens (including phenoxy) is 2. The van der Waals surface area contributed by atoms with Crippen molar-refractivity contribution in [3.8, 4) is 11.5 Å². The Bertz CT molecular complexity index is 648. The number of rotatable bonds is 4. The molecule has 1 aliphatic heterocycles. The van der Waals surface area contributed by atoms with E-state index in [0.717, 1.165) is 0 Å². The lowest BCUT2D eigenvalue weighted by Gasteiger charge is -2.31. The smallest absolute Gasteiger partial charge is 0.253 e. The molecule has 0 spiro atoms. The molecule has 0 bridgehead atoms. The fourth-order valence-corrected chi connectivity index (χ4v) is 3.71. The van der Waals surface area contributed by atoms with Crippen molar-refractivity contribution in [1.29, 1.82) is 0 Å². The van der Waals surface area contributed by atoms with Gasteiger partial charge in [0.1, 0.15) is 9.84 Å². The van der Waals surface area contributed by atoms with Crippen LogP contribution in [0.1, 0.15) is 23.2 Å². The van der Waals surface area contributed by atoms with Gasteiger partial charge in [0, 0.05) is 24.9 Å². The Morgan fingerprint density at radius 2 is 1.73 bits per heavy atom. The van der Waals surface area contributed by atoms with Crippen LogP contribution in [0.3, 0.4) is 0 Å². The maximum atomic E-state index is 12.5. The van der Waals surface area contributed by atoms with E-state index in [-0.39, 0.29) is 11.2 Å². The third-order valence-electron chi connectivity index (χ3n) is 3.97. The van der Waals surface area contributed by atoms with E-state index in [9.17, 15) is 13.2 Å². The summed E-state index contributed by atoms with van der Waals surface area (Å²) >= 11 is 0. The van der Waals surface area contributed by atoms with E-state index in [2.05, 4.69) is 0 Å². The second kappa shape index (κ2) is 6.56. The van der Waals surface area contributed by atoms with E-state index in [1.165, 1.54) is 20.5 Å². The Kier molecular flexibility index (Phi) is 4.95. The van der Waals surface area contributed by atoms with Gasteiger partial charge in [-0.1, -0.05) is 0 Å². The maximum Gasteiger partial charge on any atom is 0.253 e. The van der Waals surface area contributed by atoms with Gasteiger partial charge in [0.15, 0.2) is 11.5 Å². The van der Waals surface area contributed by atoms with E-state index in [1.807, 2.05) is 0 Å². The largest absolute Gasteiger partial charge is 0.493 e. The third-order valence-corrected chi connectivity index (χ3v) is 5.65. The zero-order valence-electron chi connectivity index (χ0n) is 13.0. The molecule has 1 saturated heterocycles. The molecule has 2 rings (SSSR count). The van der Waals surface area contributed by atoms with Crippen LogP contribution in [0, 0.1) is 0 Å². The Balaban J connectivity index is 2.10. The second-order valence-electron chi connectivity index (χ2n) is 5.39. The number of piperidine rings is 1. The van der Waals surface area contributed by atoms with Crippen LogP contribution in [0.15, 0.2) is 18.2 Å². The van der Waals surface area contributed by atoms with Crippen LogP contribution in [-0.2, 0) is 9.84 Å². The van der Waals surface area contributed by atoms with Crippen molar-refractivity contribution < 1.29 is 22.7 Å². The molecule has 1 amide bonds. The maximum absolute atomic E-state index is 12.5. The van der Waals surface area contributed by atoms with Crippen LogP contribution in [0.4, 0.5) is 0 Å². The number of carbonyl (C=O) groups excluding carboxylic acids is 1. The lowest BCUT2D eigenvalue weighted by molar-refractivity contribution is 0.0725. The number of hydrogen-bond acceptors (Lipinski definition) is 5.